The Labute approximate surface area is 138 Å². The molecule has 0 spiro atoms. The van der Waals surface area contributed by atoms with Crippen LogP contribution in [0.15, 0.2) is 15.6 Å². The molecule has 23 heavy (non-hydrogen) atoms. The first kappa shape index (κ1) is 17.7. The van der Waals surface area contributed by atoms with Crippen LogP contribution in [0.25, 0.3) is 0 Å². The third-order valence-electron chi connectivity index (χ3n) is 3.94. The summed E-state index contributed by atoms with van der Waals surface area (Å²) in [5, 5.41) is 10.7. The molecule has 1 aliphatic heterocycles. The molecule has 0 saturated carbocycles. The molecule has 2 heterocycles. The Morgan fingerprint density at radius 3 is 2.78 bits per heavy atom. The van der Waals surface area contributed by atoms with Crippen molar-refractivity contribution in [2.24, 2.45) is 4.99 Å². The number of guanidine groups is 1. The van der Waals surface area contributed by atoms with Crippen LogP contribution in [0.5, 0.6) is 0 Å². The molecule has 2 rings (SSSR count). The Kier molecular flexibility index (Phi) is 7.35. The SMILES string of the molecule is CCNC(=NCc1cc(CC)no1)NCC(C)N1CCOCC1. The highest BCUT2D eigenvalue weighted by atomic mass is 16.5. The van der Waals surface area contributed by atoms with Gasteiger partial charge in [0.25, 0.3) is 0 Å². The van der Waals surface area contributed by atoms with Crippen molar-refractivity contribution in [1.29, 1.82) is 0 Å². The summed E-state index contributed by atoms with van der Waals surface area (Å²) < 4.78 is 10.7. The number of nitrogens with one attached hydrogen (secondary N) is 2. The number of aryl methyl sites for hydroxylation is 1. The maximum atomic E-state index is 5.40. The molecule has 1 atom stereocenters. The van der Waals surface area contributed by atoms with Crippen molar-refractivity contribution in [3.63, 3.8) is 0 Å². The lowest BCUT2D eigenvalue weighted by Gasteiger charge is -2.32. The zero-order chi connectivity index (χ0) is 16.5. The Bertz CT molecular complexity index is 483. The topological polar surface area (TPSA) is 74.9 Å². The first-order valence-electron chi connectivity index (χ1n) is 8.51. The molecule has 1 fully saturated rings. The molecule has 1 saturated heterocycles. The number of ether oxygens (including phenoxy) is 1. The lowest BCUT2D eigenvalue weighted by atomic mass is 10.2. The molecule has 0 amide bonds. The van der Waals surface area contributed by atoms with Crippen molar-refractivity contribution < 1.29 is 9.26 Å². The Hall–Kier alpha value is -1.60. The van der Waals surface area contributed by atoms with E-state index in [9.17, 15) is 0 Å². The van der Waals surface area contributed by atoms with E-state index < -0.39 is 0 Å². The number of morpholine rings is 1. The average Bonchev–Trinajstić information content (AvgIpc) is 3.06. The van der Waals surface area contributed by atoms with Gasteiger partial charge in [-0.1, -0.05) is 12.1 Å². The van der Waals surface area contributed by atoms with Gasteiger partial charge in [0, 0.05) is 38.3 Å². The number of aromatic nitrogens is 1. The van der Waals surface area contributed by atoms with E-state index in [1.807, 2.05) is 6.07 Å². The summed E-state index contributed by atoms with van der Waals surface area (Å²) in [6, 6.07) is 2.41. The van der Waals surface area contributed by atoms with Gasteiger partial charge in [0.05, 0.1) is 18.9 Å². The summed E-state index contributed by atoms with van der Waals surface area (Å²) in [4.78, 5) is 7.00. The van der Waals surface area contributed by atoms with Gasteiger partial charge in [-0.05, 0) is 20.3 Å². The zero-order valence-electron chi connectivity index (χ0n) is 14.5. The van der Waals surface area contributed by atoms with E-state index in [4.69, 9.17) is 9.26 Å². The second-order valence-electron chi connectivity index (χ2n) is 5.71. The van der Waals surface area contributed by atoms with Gasteiger partial charge in [0.1, 0.15) is 6.54 Å². The monoisotopic (exact) mass is 323 g/mol. The van der Waals surface area contributed by atoms with Gasteiger partial charge in [-0.15, -0.1) is 0 Å². The predicted octanol–water partition coefficient (Wildman–Crippen LogP) is 1.01. The fraction of sp³-hybridized carbons (Fsp3) is 0.750. The Balaban J connectivity index is 1.83. The predicted molar refractivity (Wildman–Crippen MR) is 90.6 cm³/mol. The highest BCUT2D eigenvalue weighted by Crippen LogP contribution is 2.05. The van der Waals surface area contributed by atoms with Crippen LogP contribution in [-0.2, 0) is 17.7 Å². The number of rotatable bonds is 7. The lowest BCUT2D eigenvalue weighted by molar-refractivity contribution is 0.0211. The number of hydrogen-bond donors (Lipinski definition) is 2. The fourth-order valence-electron chi connectivity index (χ4n) is 2.49. The highest BCUT2D eigenvalue weighted by Gasteiger charge is 2.17. The molecule has 0 aliphatic carbocycles. The van der Waals surface area contributed by atoms with Crippen LogP contribution in [0, 0.1) is 0 Å². The van der Waals surface area contributed by atoms with E-state index in [1.165, 1.54) is 0 Å². The first-order valence-corrected chi connectivity index (χ1v) is 8.51. The standard InChI is InChI=1S/C16H29N5O2/c1-4-14-10-15(23-20-14)12-19-16(17-5-2)18-11-13(3)21-6-8-22-9-7-21/h10,13H,4-9,11-12H2,1-3H3,(H2,17,18,19). The zero-order valence-corrected chi connectivity index (χ0v) is 14.5. The number of aliphatic imine (C=N–C) groups is 1. The van der Waals surface area contributed by atoms with E-state index in [2.05, 4.69) is 46.5 Å². The summed E-state index contributed by atoms with van der Waals surface area (Å²) in [5.74, 6) is 1.60. The minimum Gasteiger partial charge on any atom is -0.379 e. The normalized spacial score (nSPS) is 18.0. The molecular weight excluding hydrogens is 294 g/mol. The van der Waals surface area contributed by atoms with Gasteiger partial charge in [-0.25, -0.2) is 4.99 Å². The molecule has 1 aromatic heterocycles. The average molecular weight is 323 g/mol. The van der Waals surface area contributed by atoms with Crippen LogP contribution in [0.3, 0.4) is 0 Å². The number of hydrogen-bond acceptors (Lipinski definition) is 5. The number of nitrogens with zero attached hydrogens (tertiary/aromatic N) is 3. The van der Waals surface area contributed by atoms with E-state index in [0.29, 0.717) is 12.6 Å². The second kappa shape index (κ2) is 9.52. The van der Waals surface area contributed by atoms with Crippen LogP contribution in [0.2, 0.25) is 0 Å². The minimum atomic E-state index is 0.444. The van der Waals surface area contributed by atoms with Crippen LogP contribution < -0.4 is 10.6 Å². The van der Waals surface area contributed by atoms with Crippen molar-refractivity contribution in [2.45, 2.75) is 39.8 Å². The summed E-state index contributed by atoms with van der Waals surface area (Å²) in [7, 11) is 0. The second-order valence-corrected chi connectivity index (χ2v) is 5.71. The molecular formula is C16H29N5O2. The molecule has 7 heteroatoms. The highest BCUT2D eigenvalue weighted by molar-refractivity contribution is 5.79. The van der Waals surface area contributed by atoms with Crippen LogP contribution in [0.4, 0.5) is 0 Å². The van der Waals surface area contributed by atoms with E-state index in [1.54, 1.807) is 0 Å². The van der Waals surface area contributed by atoms with Gasteiger partial charge < -0.3 is 19.9 Å². The van der Waals surface area contributed by atoms with Crippen LogP contribution in [-0.4, -0.2) is 61.5 Å². The van der Waals surface area contributed by atoms with Crippen LogP contribution >= 0.6 is 0 Å². The molecule has 0 radical (unpaired) electrons. The molecule has 1 aliphatic rings. The molecule has 130 valence electrons. The molecule has 0 bridgehead atoms. The van der Waals surface area contributed by atoms with Crippen molar-refractivity contribution in [3.8, 4) is 0 Å². The third kappa shape index (κ3) is 5.84. The van der Waals surface area contributed by atoms with Crippen LogP contribution in [0.1, 0.15) is 32.2 Å². The maximum Gasteiger partial charge on any atom is 0.191 e. The van der Waals surface area contributed by atoms with Gasteiger partial charge in [0.2, 0.25) is 0 Å². The third-order valence-corrected chi connectivity index (χ3v) is 3.94. The smallest absolute Gasteiger partial charge is 0.191 e. The Morgan fingerprint density at radius 2 is 2.13 bits per heavy atom. The fourth-order valence-corrected chi connectivity index (χ4v) is 2.49. The summed E-state index contributed by atoms with van der Waals surface area (Å²) in [6.07, 6.45) is 0.878. The Morgan fingerprint density at radius 1 is 1.35 bits per heavy atom. The van der Waals surface area contributed by atoms with Crippen molar-refractivity contribution >= 4 is 5.96 Å². The quantitative estimate of drug-likeness (QED) is 0.576. The molecule has 0 aromatic carbocycles. The van der Waals surface area contributed by atoms with Crippen molar-refractivity contribution in [3.05, 3.63) is 17.5 Å². The summed E-state index contributed by atoms with van der Waals surface area (Å²) in [5.41, 5.74) is 0.967. The molecule has 2 N–H and O–H groups in total. The van der Waals surface area contributed by atoms with E-state index in [0.717, 1.165) is 63.2 Å². The van der Waals surface area contributed by atoms with Gasteiger partial charge in [0.15, 0.2) is 11.7 Å². The van der Waals surface area contributed by atoms with Gasteiger partial charge in [-0.3, -0.25) is 4.90 Å². The molecule has 1 unspecified atom stereocenters. The maximum absolute atomic E-state index is 5.40. The van der Waals surface area contributed by atoms with Gasteiger partial charge in [-0.2, -0.15) is 0 Å². The van der Waals surface area contributed by atoms with E-state index >= 15 is 0 Å². The minimum absolute atomic E-state index is 0.444. The summed E-state index contributed by atoms with van der Waals surface area (Å²) in [6.45, 7) is 12.2. The van der Waals surface area contributed by atoms with Crippen molar-refractivity contribution in [1.82, 2.24) is 20.7 Å². The van der Waals surface area contributed by atoms with Crippen molar-refractivity contribution in [2.75, 3.05) is 39.4 Å². The van der Waals surface area contributed by atoms with E-state index in [-0.39, 0.29) is 0 Å². The summed E-state index contributed by atoms with van der Waals surface area (Å²) >= 11 is 0. The molecule has 1 aromatic rings. The lowest BCUT2D eigenvalue weighted by Crippen LogP contribution is -2.49. The van der Waals surface area contributed by atoms with Gasteiger partial charge >= 0.3 is 0 Å². The largest absolute Gasteiger partial charge is 0.379 e. The molecule has 7 nitrogen and oxygen atoms in total. The first-order chi connectivity index (χ1) is 11.2.